The Morgan fingerprint density at radius 3 is 2.71 bits per heavy atom. The van der Waals surface area contributed by atoms with Crippen molar-refractivity contribution in [1.82, 2.24) is 9.78 Å². The Hall–Kier alpha value is -0.750. The third-order valence-electron chi connectivity index (χ3n) is 2.20. The summed E-state index contributed by atoms with van der Waals surface area (Å²) in [6.07, 6.45) is 0.825. The van der Waals surface area contributed by atoms with E-state index in [0.717, 1.165) is 12.2 Å². The second kappa shape index (κ2) is 6.26. The van der Waals surface area contributed by atoms with E-state index in [0.29, 0.717) is 16.6 Å². The number of nitrogens with zero attached hydrogens (tertiary/aromatic N) is 3. The Labute approximate surface area is 110 Å². The molecule has 0 fully saturated rings. The molecule has 0 aliphatic heterocycles. The average molecular weight is 278 g/mol. The second-order valence-electron chi connectivity index (χ2n) is 3.93. The number of thioether (sulfide) groups is 1. The predicted octanol–water partition coefficient (Wildman–Crippen LogP) is 3.40. The lowest BCUT2D eigenvalue weighted by Crippen LogP contribution is -2.05. The fourth-order valence-corrected chi connectivity index (χ4v) is 2.95. The van der Waals surface area contributed by atoms with Gasteiger partial charge in [-0.2, -0.15) is 5.10 Å². The van der Waals surface area contributed by atoms with Gasteiger partial charge >= 0.3 is 5.69 Å². The number of halogens is 1. The van der Waals surface area contributed by atoms with Crippen LogP contribution in [-0.2, 0) is 0 Å². The Morgan fingerprint density at radius 1 is 1.59 bits per heavy atom. The second-order valence-corrected chi connectivity index (χ2v) is 5.39. The number of hydrogen-bond donors (Lipinski definition) is 0. The summed E-state index contributed by atoms with van der Waals surface area (Å²) in [6, 6.07) is 0.112. The van der Waals surface area contributed by atoms with Gasteiger partial charge in [-0.15, -0.1) is 11.6 Å². The van der Waals surface area contributed by atoms with E-state index in [1.165, 1.54) is 11.8 Å². The van der Waals surface area contributed by atoms with Gasteiger partial charge in [0.15, 0.2) is 5.03 Å². The number of alkyl halides is 1. The van der Waals surface area contributed by atoms with E-state index < -0.39 is 0 Å². The van der Waals surface area contributed by atoms with Crippen molar-refractivity contribution in [3.63, 3.8) is 0 Å². The Kier molecular flexibility index (Phi) is 5.27. The van der Waals surface area contributed by atoms with Gasteiger partial charge < -0.3 is 0 Å². The molecule has 0 spiro atoms. The third-order valence-corrected chi connectivity index (χ3v) is 3.61. The van der Waals surface area contributed by atoms with Crippen LogP contribution in [0.4, 0.5) is 5.69 Å². The molecule has 1 aromatic rings. The summed E-state index contributed by atoms with van der Waals surface area (Å²) in [6.45, 7) is 5.59. The third kappa shape index (κ3) is 3.35. The molecule has 0 aromatic carbocycles. The van der Waals surface area contributed by atoms with Gasteiger partial charge in [-0.3, -0.25) is 10.1 Å². The summed E-state index contributed by atoms with van der Waals surface area (Å²) in [4.78, 5) is 10.7. The lowest BCUT2D eigenvalue weighted by molar-refractivity contribution is -0.388. The first-order valence-corrected chi connectivity index (χ1v) is 6.93. The highest BCUT2D eigenvalue weighted by atomic mass is 35.5. The summed E-state index contributed by atoms with van der Waals surface area (Å²) < 4.78 is 1.71. The van der Waals surface area contributed by atoms with Crippen molar-refractivity contribution < 1.29 is 4.92 Å². The fraction of sp³-hybridized carbons (Fsp3) is 0.700. The number of aromatic nitrogens is 2. The first-order valence-electron chi connectivity index (χ1n) is 5.41. The lowest BCUT2D eigenvalue weighted by atomic mass is 10.4. The minimum Gasteiger partial charge on any atom is -0.258 e. The molecule has 0 N–H and O–H groups in total. The van der Waals surface area contributed by atoms with Crippen molar-refractivity contribution in [1.29, 1.82) is 0 Å². The van der Waals surface area contributed by atoms with Crippen LogP contribution in [0, 0.1) is 17.0 Å². The van der Waals surface area contributed by atoms with Crippen LogP contribution < -0.4 is 0 Å². The molecule has 1 aromatic heterocycles. The maximum Gasteiger partial charge on any atom is 0.323 e. The van der Waals surface area contributed by atoms with E-state index >= 15 is 0 Å². The minimum absolute atomic E-state index is 0.112. The molecule has 96 valence electrons. The van der Waals surface area contributed by atoms with E-state index in [1.54, 1.807) is 11.6 Å². The highest BCUT2D eigenvalue weighted by molar-refractivity contribution is 7.99. The van der Waals surface area contributed by atoms with E-state index in [4.69, 9.17) is 11.6 Å². The molecule has 0 radical (unpaired) electrons. The zero-order valence-corrected chi connectivity index (χ0v) is 11.7. The van der Waals surface area contributed by atoms with Gasteiger partial charge in [0.05, 0.1) is 4.92 Å². The maximum atomic E-state index is 11.0. The molecular weight excluding hydrogens is 262 g/mol. The molecule has 0 saturated heterocycles. The van der Waals surface area contributed by atoms with Gasteiger partial charge in [0, 0.05) is 17.7 Å². The molecule has 1 heterocycles. The predicted molar refractivity (Wildman–Crippen MR) is 70.1 cm³/mol. The average Bonchev–Trinajstić information content (AvgIpc) is 2.56. The van der Waals surface area contributed by atoms with E-state index in [9.17, 15) is 10.1 Å². The molecule has 0 bridgehead atoms. The Bertz CT molecular complexity index is 407. The molecule has 7 heteroatoms. The first kappa shape index (κ1) is 14.3. The minimum atomic E-state index is -0.357. The topological polar surface area (TPSA) is 61.0 Å². The summed E-state index contributed by atoms with van der Waals surface area (Å²) >= 11 is 7.06. The van der Waals surface area contributed by atoms with Crippen LogP contribution in [-0.4, -0.2) is 26.3 Å². The van der Waals surface area contributed by atoms with E-state index in [-0.39, 0.29) is 16.7 Å². The van der Waals surface area contributed by atoms with Crippen molar-refractivity contribution in [3.05, 3.63) is 15.8 Å². The molecule has 1 rings (SSSR count). The van der Waals surface area contributed by atoms with Crippen LogP contribution in [0.3, 0.4) is 0 Å². The monoisotopic (exact) mass is 277 g/mol. The van der Waals surface area contributed by atoms with Gasteiger partial charge in [-0.05, 0) is 27.2 Å². The molecule has 0 unspecified atom stereocenters. The van der Waals surface area contributed by atoms with Gasteiger partial charge in [-0.25, -0.2) is 4.68 Å². The lowest BCUT2D eigenvalue weighted by Gasteiger charge is -2.09. The molecule has 5 nitrogen and oxygen atoms in total. The summed E-state index contributed by atoms with van der Waals surface area (Å²) in [5.74, 6) is 1.33. The van der Waals surface area contributed by atoms with Crippen LogP contribution in [0.5, 0.6) is 0 Å². The van der Waals surface area contributed by atoms with Crippen molar-refractivity contribution in [2.24, 2.45) is 0 Å². The Balaban J connectivity index is 3.07. The Morgan fingerprint density at radius 2 is 2.24 bits per heavy atom. The van der Waals surface area contributed by atoms with Gasteiger partial charge in [0.1, 0.15) is 5.69 Å². The molecular formula is C10H16ClN3O2S. The molecule has 0 amide bonds. The van der Waals surface area contributed by atoms with Crippen LogP contribution in [0.25, 0.3) is 0 Å². The van der Waals surface area contributed by atoms with Crippen LogP contribution in [0.15, 0.2) is 5.03 Å². The highest BCUT2D eigenvalue weighted by Crippen LogP contribution is 2.34. The SMILES string of the molecule is Cc1nn(C(C)C)c(SCCCCl)c1[N+](=O)[O-]. The van der Waals surface area contributed by atoms with Crippen molar-refractivity contribution in [3.8, 4) is 0 Å². The smallest absolute Gasteiger partial charge is 0.258 e. The zero-order chi connectivity index (χ0) is 13.0. The van der Waals surface area contributed by atoms with E-state index in [1.807, 2.05) is 13.8 Å². The number of rotatable bonds is 6. The van der Waals surface area contributed by atoms with Crippen LogP contribution in [0.1, 0.15) is 32.0 Å². The summed E-state index contributed by atoms with van der Waals surface area (Å²) in [5, 5.41) is 15.9. The largest absolute Gasteiger partial charge is 0.323 e. The van der Waals surface area contributed by atoms with E-state index in [2.05, 4.69) is 5.10 Å². The van der Waals surface area contributed by atoms with Crippen molar-refractivity contribution >= 4 is 29.1 Å². The number of nitro groups is 1. The standard InChI is InChI=1S/C10H16ClN3O2S/c1-7(2)13-10(17-6-4-5-11)9(14(15)16)8(3)12-13/h7H,4-6H2,1-3H3. The zero-order valence-electron chi connectivity index (χ0n) is 10.1. The highest BCUT2D eigenvalue weighted by Gasteiger charge is 2.26. The van der Waals surface area contributed by atoms with Crippen molar-refractivity contribution in [2.75, 3.05) is 11.6 Å². The van der Waals surface area contributed by atoms with Gasteiger partial charge in [-0.1, -0.05) is 11.8 Å². The molecule has 0 saturated carbocycles. The fourth-order valence-electron chi connectivity index (χ4n) is 1.44. The first-order chi connectivity index (χ1) is 7.99. The van der Waals surface area contributed by atoms with Crippen molar-refractivity contribution in [2.45, 2.75) is 38.3 Å². The molecule has 0 aliphatic rings. The van der Waals surface area contributed by atoms with Gasteiger partial charge in [0.25, 0.3) is 0 Å². The number of hydrogen-bond acceptors (Lipinski definition) is 4. The van der Waals surface area contributed by atoms with Crippen LogP contribution >= 0.6 is 23.4 Å². The summed E-state index contributed by atoms with van der Waals surface area (Å²) in [5.41, 5.74) is 0.593. The maximum absolute atomic E-state index is 11.0. The number of aryl methyl sites for hydroxylation is 1. The van der Waals surface area contributed by atoms with Gasteiger partial charge in [0.2, 0.25) is 0 Å². The molecule has 0 atom stereocenters. The molecule has 0 aliphatic carbocycles. The van der Waals surface area contributed by atoms with Crippen LogP contribution in [0.2, 0.25) is 0 Å². The normalized spacial score (nSPS) is 11.1. The quantitative estimate of drug-likeness (QED) is 0.263. The summed E-state index contributed by atoms with van der Waals surface area (Å²) in [7, 11) is 0. The molecule has 17 heavy (non-hydrogen) atoms.